The first-order valence-electron chi connectivity index (χ1n) is 10.9. The Balaban J connectivity index is 1.70. The zero-order valence-electron chi connectivity index (χ0n) is 17.8. The van der Waals surface area contributed by atoms with Gasteiger partial charge in [-0.3, -0.25) is 14.5 Å². The molecular formula is C26H24N2O3S. The lowest BCUT2D eigenvalue weighted by molar-refractivity contribution is -0.128. The molecule has 3 aromatic rings. The van der Waals surface area contributed by atoms with Crippen LogP contribution in [0.15, 0.2) is 78.2 Å². The number of rotatable bonds is 6. The van der Waals surface area contributed by atoms with Crippen LogP contribution in [0, 0.1) is 5.92 Å². The fraction of sp³-hybridized carbons (Fsp3) is 0.269. The van der Waals surface area contributed by atoms with Crippen LogP contribution in [0.2, 0.25) is 0 Å². The third-order valence-corrected chi connectivity index (χ3v) is 7.41. The van der Waals surface area contributed by atoms with Gasteiger partial charge in [-0.05, 0) is 23.4 Å². The summed E-state index contributed by atoms with van der Waals surface area (Å²) in [6.07, 6.45) is 0.698. The molecule has 2 aliphatic heterocycles. The van der Waals surface area contributed by atoms with Crippen LogP contribution in [0.3, 0.4) is 0 Å². The molecule has 5 nitrogen and oxygen atoms in total. The third-order valence-electron chi connectivity index (χ3n) is 6.46. The molecule has 0 spiro atoms. The Hall–Kier alpha value is -3.25. The summed E-state index contributed by atoms with van der Waals surface area (Å²) in [4.78, 5) is 45.0. The number of carbonyl (C=O) groups excluding carboxylic acids is 3. The Morgan fingerprint density at radius 3 is 2.22 bits per heavy atom. The van der Waals surface area contributed by atoms with Gasteiger partial charge < -0.3 is 4.90 Å². The van der Waals surface area contributed by atoms with Gasteiger partial charge in [0.25, 0.3) is 5.91 Å². The van der Waals surface area contributed by atoms with Gasteiger partial charge in [0, 0.05) is 22.9 Å². The molecule has 3 heterocycles. The highest BCUT2D eigenvalue weighted by atomic mass is 32.1. The Morgan fingerprint density at radius 2 is 1.59 bits per heavy atom. The van der Waals surface area contributed by atoms with E-state index in [9.17, 15) is 14.4 Å². The first kappa shape index (κ1) is 20.6. The van der Waals surface area contributed by atoms with E-state index in [1.807, 2.05) is 85.1 Å². The van der Waals surface area contributed by atoms with Crippen LogP contribution in [-0.2, 0) is 4.79 Å². The lowest BCUT2D eigenvalue weighted by atomic mass is 9.77. The lowest BCUT2D eigenvalue weighted by Gasteiger charge is -2.27. The first-order chi connectivity index (χ1) is 15.6. The molecule has 32 heavy (non-hydrogen) atoms. The molecule has 5 rings (SSSR count). The largest absolute Gasteiger partial charge is 0.328 e. The van der Waals surface area contributed by atoms with E-state index in [2.05, 4.69) is 0 Å². The van der Waals surface area contributed by atoms with Gasteiger partial charge in [-0.1, -0.05) is 73.7 Å². The summed E-state index contributed by atoms with van der Waals surface area (Å²) in [6, 6.07) is 21.3. The predicted octanol–water partition coefficient (Wildman–Crippen LogP) is 5.13. The summed E-state index contributed by atoms with van der Waals surface area (Å²) in [5.74, 6) is -1.18. The zero-order valence-corrected chi connectivity index (χ0v) is 18.6. The first-order valence-corrected chi connectivity index (χ1v) is 11.8. The van der Waals surface area contributed by atoms with Crippen LogP contribution in [0.4, 0.5) is 4.79 Å². The van der Waals surface area contributed by atoms with Gasteiger partial charge in [0.2, 0.25) is 0 Å². The summed E-state index contributed by atoms with van der Waals surface area (Å²) in [6.45, 7) is 2.35. The topological polar surface area (TPSA) is 57.7 Å². The number of fused-ring (bicyclic) bond motifs is 1. The minimum Gasteiger partial charge on any atom is -0.303 e. The van der Waals surface area contributed by atoms with Gasteiger partial charge in [-0.2, -0.15) is 0 Å². The summed E-state index contributed by atoms with van der Waals surface area (Å²) >= 11 is 1.52. The Labute approximate surface area is 191 Å². The van der Waals surface area contributed by atoms with Crippen molar-refractivity contribution in [1.29, 1.82) is 0 Å². The maximum atomic E-state index is 13.9. The molecule has 4 atom stereocenters. The molecule has 1 aromatic heterocycles. The maximum absolute atomic E-state index is 13.9. The van der Waals surface area contributed by atoms with Crippen LogP contribution in [-0.4, -0.2) is 40.1 Å². The molecule has 0 bridgehead atoms. The normalized spacial score (nSPS) is 24.8. The fourth-order valence-electron chi connectivity index (χ4n) is 5.19. The fourth-order valence-corrected chi connectivity index (χ4v) is 6.06. The highest BCUT2D eigenvalue weighted by Gasteiger charge is 2.63. The number of ketones is 1. The van der Waals surface area contributed by atoms with Gasteiger partial charge in [0.15, 0.2) is 5.78 Å². The monoisotopic (exact) mass is 444 g/mol. The second-order valence-corrected chi connectivity index (χ2v) is 9.26. The summed E-state index contributed by atoms with van der Waals surface area (Å²) < 4.78 is 0. The standard InChI is InChI=1S/C26H24N2O3S/c1-2-15-27-25(30)23-20(17-10-5-3-6-11-17)21(24(29)18-12-7-4-8-13-18)22(28(23)26(27)31)19-14-9-16-32-19/h3-14,16,20-23H,2,15H2,1H3. The van der Waals surface area contributed by atoms with E-state index >= 15 is 0 Å². The van der Waals surface area contributed by atoms with E-state index in [4.69, 9.17) is 0 Å². The van der Waals surface area contributed by atoms with Crippen molar-refractivity contribution >= 4 is 29.1 Å². The molecule has 0 aliphatic carbocycles. The number of benzene rings is 2. The molecule has 2 fully saturated rings. The maximum Gasteiger partial charge on any atom is 0.328 e. The van der Waals surface area contributed by atoms with Crippen molar-refractivity contribution in [3.05, 3.63) is 94.2 Å². The van der Waals surface area contributed by atoms with Crippen molar-refractivity contribution in [3.63, 3.8) is 0 Å². The summed E-state index contributed by atoms with van der Waals surface area (Å²) in [5, 5.41) is 1.95. The van der Waals surface area contributed by atoms with E-state index in [0.717, 1.165) is 10.4 Å². The van der Waals surface area contributed by atoms with Crippen molar-refractivity contribution in [2.24, 2.45) is 5.92 Å². The highest BCUT2D eigenvalue weighted by Crippen LogP contribution is 2.54. The van der Waals surface area contributed by atoms with Crippen molar-refractivity contribution < 1.29 is 14.4 Å². The van der Waals surface area contributed by atoms with Gasteiger partial charge in [0.1, 0.15) is 6.04 Å². The van der Waals surface area contributed by atoms with E-state index in [1.54, 1.807) is 4.90 Å². The molecule has 6 heteroatoms. The average Bonchev–Trinajstić information content (AvgIpc) is 3.53. The third kappa shape index (κ3) is 3.17. The van der Waals surface area contributed by atoms with Crippen molar-refractivity contribution in [3.8, 4) is 0 Å². The predicted molar refractivity (Wildman–Crippen MR) is 124 cm³/mol. The minimum absolute atomic E-state index is 0.0325. The van der Waals surface area contributed by atoms with E-state index in [1.165, 1.54) is 16.2 Å². The van der Waals surface area contributed by atoms with E-state index in [-0.39, 0.29) is 17.7 Å². The van der Waals surface area contributed by atoms with Crippen LogP contribution < -0.4 is 0 Å². The van der Waals surface area contributed by atoms with Crippen LogP contribution in [0.25, 0.3) is 0 Å². The number of Topliss-reactive ketones (excluding diaryl/α,β-unsaturated/α-hetero) is 1. The second kappa shape index (κ2) is 8.36. The Morgan fingerprint density at radius 1 is 0.906 bits per heavy atom. The molecule has 4 unspecified atom stereocenters. The Bertz CT molecular complexity index is 1130. The molecule has 0 radical (unpaired) electrons. The van der Waals surface area contributed by atoms with E-state index in [0.29, 0.717) is 18.5 Å². The molecule has 0 saturated carbocycles. The van der Waals surface area contributed by atoms with Crippen LogP contribution in [0.1, 0.15) is 46.1 Å². The summed E-state index contributed by atoms with van der Waals surface area (Å²) in [7, 11) is 0. The van der Waals surface area contributed by atoms with Crippen LogP contribution >= 0.6 is 11.3 Å². The SMILES string of the molecule is CCCN1C(=O)C2C(c3ccccc3)C(C(=O)c3ccccc3)C(c3cccs3)N2C1=O. The van der Waals surface area contributed by atoms with Gasteiger partial charge >= 0.3 is 6.03 Å². The van der Waals surface area contributed by atoms with Crippen molar-refractivity contribution in [2.75, 3.05) is 6.54 Å². The van der Waals surface area contributed by atoms with E-state index < -0.39 is 23.9 Å². The minimum atomic E-state index is -0.679. The molecule has 162 valence electrons. The molecule has 2 aromatic carbocycles. The number of urea groups is 1. The number of hydrogen-bond acceptors (Lipinski definition) is 4. The number of nitrogens with zero attached hydrogens (tertiary/aromatic N) is 2. The summed E-state index contributed by atoms with van der Waals surface area (Å²) in [5.41, 5.74) is 1.52. The second-order valence-electron chi connectivity index (χ2n) is 8.28. The van der Waals surface area contributed by atoms with Crippen molar-refractivity contribution in [2.45, 2.75) is 31.3 Å². The average molecular weight is 445 g/mol. The number of thiophene rings is 1. The number of carbonyl (C=O) groups is 3. The van der Waals surface area contributed by atoms with Crippen LogP contribution in [0.5, 0.6) is 0 Å². The molecule has 0 N–H and O–H groups in total. The smallest absolute Gasteiger partial charge is 0.303 e. The molecule has 2 aliphatic rings. The number of amides is 3. The molecule has 2 saturated heterocycles. The molecular weight excluding hydrogens is 420 g/mol. The van der Waals surface area contributed by atoms with Gasteiger partial charge in [0.05, 0.1) is 12.0 Å². The van der Waals surface area contributed by atoms with Crippen molar-refractivity contribution in [1.82, 2.24) is 9.80 Å². The highest BCUT2D eigenvalue weighted by molar-refractivity contribution is 7.10. The lowest BCUT2D eigenvalue weighted by Crippen LogP contribution is -2.38. The van der Waals surface area contributed by atoms with Gasteiger partial charge in [-0.15, -0.1) is 11.3 Å². The Kier molecular flexibility index (Phi) is 5.39. The quantitative estimate of drug-likeness (QED) is 0.391. The van der Waals surface area contributed by atoms with Gasteiger partial charge in [-0.25, -0.2) is 4.79 Å². The zero-order chi connectivity index (χ0) is 22.2. The molecule has 3 amide bonds. The number of hydrogen-bond donors (Lipinski definition) is 0. The number of imide groups is 1.